The van der Waals surface area contributed by atoms with Crippen LogP contribution in [0.2, 0.25) is 0 Å². The van der Waals surface area contributed by atoms with E-state index in [4.69, 9.17) is 0 Å². The predicted octanol–water partition coefficient (Wildman–Crippen LogP) is 16.4. The van der Waals surface area contributed by atoms with Crippen LogP contribution in [-0.2, 0) is 0 Å². The van der Waals surface area contributed by atoms with Crippen molar-refractivity contribution in [3.8, 4) is 44.8 Å². The first kappa shape index (κ1) is 37.2. The Morgan fingerprint density at radius 2 is 0.500 bits per heavy atom. The molecule has 2 N–H and O–H groups in total. The van der Waals surface area contributed by atoms with Gasteiger partial charge in [-0.3, -0.25) is 0 Å². The Hall–Kier alpha value is -8.60. The van der Waals surface area contributed by atoms with E-state index in [-0.39, 0.29) is 0 Å². The van der Waals surface area contributed by atoms with Crippen LogP contribution < -0.4 is 10.6 Å². The molecule has 0 aliphatic carbocycles. The van der Waals surface area contributed by atoms with Crippen LogP contribution >= 0.6 is 0 Å². The van der Waals surface area contributed by atoms with Crippen molar-refractivity contribution in [2.24, 2.45) is 0 Å². The molecule has 0 saturated carbocycles. The van der Waals surface area contributed by atoms with Gasteiger partial charge in [-0.2, -0.15) is 0 Å². The molecule has 12 aromatic rings. The molecule has 0 atom stereocenters. The van der Waals surface area contributed by atoms with Gasteiger partial charge in [0.05, 0.1) is 22.1 Å². The van der Waals surface area contributed by atoms with Gasteiger partial charge in [0.25, 0.3) is 0 Å². The van der Waals surface area contributed by atoms with Crippen molar-refractivity contribution < 1.29 is 0 Å². The molecule has 0 radical (unpaired) electrons. The summed E-state index contributed by atoms with van der Waals surface area (Å²) in [6, 6.07) is 86.9. The number of anilines is 4. The second-order valence-corrected chi connectivity index (χ2v) is 16.4. The molecule has 64 heavy (non-hydrogen) atoms. The summed E-state index contributed by atoms with van der Waals surface area (Å²) in [4.78, 5) is 0. The normalized spacial score (nSPS) is 11.4. The molecule has 302 valence electrons. The SMILES string of the molecule is c1ccc(-n2c3ccccc3c3cc(-c4ccc(Nc5ccc(-c6ccc(Nc7ccc(-c8ccc9c(c8)c8ccccc8n9-c8ccccc8)cc7)cc6)cc5)cc4)ccc32)cc1. The number of para-hydroxylation sites is 4. The lowest BCUT2D eigenvalue weighted by atomic mass is 10.0. The summed E-state index contributed by atoms with van der Waals surface area (Å²) in [5.74, 6) is 0. The molecule has 4 nitrogen and oxygen atoms in total. The molecule has 0 fully saturated rings. The second kappa shape index (κ2) is 15.7. The summed E-state index contributed by atoms with van der Waals surface area (Å²) in [7, 11) is 0. The molecular formula is C60H42N4. The zero-order valence-electron chi connectivity index (χ0n) is 35.0. The zero-order chi connectivity index (χ0) is 42.4. The van der Waals surface area contributed by atoms with E-state index >= 15 is 0 Å². The van der Waals surface area contributed by atoms with Gasteiger partial charge in [-0.25, -0.2) is 0 Å². The van der Waals surface area contributed by atoms with Crippen LogP contribution in [0, 0.1) is 0 Å². The Labute approximate surface area is 371 Å². The Morgan fingerprint density at radius 3 is 0.859 bits per heavy atom. The Kier molecular flexibility index (Phi) is 9.12. The van der Waals surface area contributed by atoms with Crippen molar-refractivity contribution in [2.45, 2.75) is 0 Å². The second-order valence-electron chi connectivity index (χ2n) is 16.4. The molecule has 0 unspecified atom stereocenters. The molecule has 0 spiro atoms. The Balaban J connectivity index is 0.709. The van der Waals surface area contributed by atoms with Gasteiger partial charge in [-0.1, -0.05) is 133 Å². The lowest BCUT2D eigenvalue weighted by Crippen LogP contribution is -1.93. The average Bonchev–Trinajstić information content (AvgIpc) is 3.88. The van der Waals surface area contributed by atoms with Gasteiger partial charge in [-0.15, -0.1) is 0 Å². The van der Waals surface area contributed by atoms with E-state index in [9.17, 15) is 0 Å². The standard InChI is InChI=1S/C60H42N4/c1-3-11-51(12-4-1)63-57-17-9-7-15-53(57)55-39-45(27-37-59(55)63)43-23-33-49(34-24-43)61-47-29-19-41(20-30-47)42-21-31-48(32-22-42)62-50-35-25-44(26-36-50)46-28-38-60-56(40-46)54-16-8-10-18-58(54)64(60)52-13-5-2-6-14-52/h1-40,61-62H. The van der Waals surface area contributed by atoms with Crippen molar-refractivity contribution in [3.63, 3.8) is 0 Å². The minimum absolute atomic E-state index is 1.05. The van der Waals surface area contributed by atoms with Crippen LogP contribution in [-0.4, -0.2) is 9.13 Å². The number of rotatable bonds is 9. The fourth-order valence-electron chi connectivity index (χ4n) is 9.33. The van der Waals surface area contributed by atoms with Crippen molar-refractivity contribution in [1.29, 1.82) is 0 Å². The Bertz CT molecular complexity index is 3360. The summed E-state index contributed by atoms with van der Waals surface area (Å²) in [6.07, 6.45) is 0. The van der Waals surface area contributed by atoms with Gasteiger partial charge in [0.1, 0.15) is 0 Å². The maximum atomic E-state index is 3.59. The number of fused-ring (bicyclic) bond motifs is 6. The predicted molar refractivity (Wildman–Crippen MR) is 271 cm³/mol. The largest absolute Gasteiger partial charge is 0.356 e. The first-order valence-corrected chi connectivity index (χ1v) is 21.8. The van der Waals surface area contributed by atoms with E-state index in [1.807, 2.05) is 0 Å². The maximum absolute atomic E-state index is 3.59. The number of aromatic nitrogens is 2. The van der Waals surface area contributed by atoms with Crippen molar-refractivity contribution in [1.82, 2.24) is 9.13 Å². The third kappa shape index (κ3) is 6.75. The number of nitrogens with zero attached hydrogens (tertiary/aromatic N) is 2. The fourth-order valence-corrected chi connectivity index (χ4v) is 9.33. The highest BCUT2D eigenvalue weighted by Gasteiger charge is 2.15. The van der Waals surface area contributed by atoms with E-state index in [1.165, 1.54) is 88.4 Å². The summed E-state index contributed by atoms with van der Waals surface area (Å²) in [5.41, 5.74) is 18.5. The first-order chi connectivity index (χ1) is 31.7. The lowest BCUT2D eigenvalue weighted by molar-refractivity contribution is 1.18. The van der Waals surface area contributed by atoms with Crippen LogP contribution in [0.15, 0.2) is 243 Å². The molecule has 0 aliphatic rings. The van der Waals surface area contributed by atoms with Gasteiger partial charge >= 0.3 is 0 Å². The fraction of sp³-hybridized carbons (Fsp3) is 0. The lowest BCUT2D eigenvalue weighted by Gasteiger charge is -2.11. The molecule has 10 aromatic carbocycles. The summed E-state index contributed by atoms with van der Waals surface area (Å²) >= 11 is 0. The molecule has 0 bridgehead atoms. The third-order valence-electron chi connectivity index (χ3n) is 12.5. The van der Waals surface area contributed by atoms with Crippen molar-refractivity contribution >= 4 is 66.4 Å². The Morgan fingerprint density at radius 1 is 0.219 bits per heavy atom. The van der Waals surface area contributed by atoms with Gasteiger partial charge in [0, 0.05) is 55.7 Å². The zero-order valence-corrected chi connectivity index (χ0v) is 35.0. The number of benzene rings is 10. The van der Waals surface area contributed by atoms with Gasteiger partial charge < -0.3 is 19.8 Å². The quantitative estimate of drug-likeness (QED) is 0.152. The average molecular weight is 819 g/mol. The topological polar surface area (TPSA) is 33.9 Å². The molecule has 12 rings (SSSR count). The van der Waals surface area contributed by atoms with E-state index in [0.29, 0.717) is 0 Å². The molecule has 4 heteroatoms. The molecule has 0 aliphatic heterocycles. The van der Waals surface area contributed by atoms with Gasteiger partial charge in [0.15, 0.2) is 0 Å². The molecule has 2 aromatic heterocycles. The molecule has 0 saturated heterocycles. The van der Waals surface area contributed by atoms with Gasteiger partial charge in [-0.05, 0) is 143 Å². The third-order valence-corrected chi connectivity index (χ3v) is 12.5. The van der Waals surface area contributed by atoms with E-state index < -0.39 is 0 Å². The highest BCUT2D eigenvalue weighted by molar-refractivity contribution is 6.11. The highest BCUT2D eigenvalue weighted by atomic mass is 15.0. The van der Waals surface area contributed by atoms with Crippen LogP contribution in [0.4, 0.5) is 22.7 Å². The maximum Gasteiger partial charge on any atom is 0.0541 e. The van der Waals surface area contributed by atoms with E-state index in [2.05, 4.69) is 262 Å². The molecular weight excluding hydrogens is 777 g/mol. The van der Waals surface area contributed by atoms with Gasteiger partial charge in [0.2, 0.25) is 0 Å². The number of nitrogens with one attached hydrogen (secondary N) is 2. The van der Waals surface area contributed by atoms with Crippen LogP contribution in [0.3, 0.4) is 0 Å². The first-order valence-electron chi connectivity index (χ1n) is 21.8. The monoisotopic (exact) mass is 818 g/mol. The highest BCUT2D eigenvalue weighted by Crippen LogP contribution is 2.37. The number of hydrogen-bond acceptors (Lipinski definition) is 2. The van der Waals surface area contributed by atoms with Crippen LogP contribution in [0.25, 0.3) is 88.4 Å². The van der Waals surface area contributed by atoms with E-state index in [1.54, 1.807) is 0 Å². The summed E-state index contributed by atoms with van der Waals surface area (Å²) in [5, 5.41) is 12.2. The minimum atomic E-state index is 1.05. The summed E-state index contributed by atoms with van der Waals surface area (Å²) < 4.78 is 4.71. The van der Waals surface area contributed by atoms with Crippen molar-refractivity contribution in [3.05, 3.63) is 243 Å². The minimum Gasteiger partial charge on any atom is -0.356 e. The molecule has 0 amide bonds. The van der Waals surface area contributed by atoms with Crippen LogP contribution in [0.1, 0.15) is 0 Å². The van der Waals surface area contributed by atoms with Crippen molar-refractivity contribution in [2.75, 3.05) is 10.6 Å². The van der Waals surface area contributed by atoms with E-state index in [0.717, 1.165) is 22.7 Å². The van der Waals surface area contributed by atoms with Crippen LogP contribution in [0.5, 0.6) is 0 Å². The smallest absolute Gasteiger partial charge is 0.0541 e. The summed E-state index contributed by atoms with van der Waals surface area (Å²) in [6.45, 7) is 0. The number of hydrogen-bond donors (Lipinski definition) is 2. The molecule has 2 heterocycles.